The molecule has 2 aliphatic heterocycles. The van der Waals surface area contributed by atoms with Crippen molar-refractivity contribution in [3.05, 3.63) is 0 Å². The summed E-state index contributed by atoms with van der Waals surface area (Å²) in [6.45, 7) is 8.34. The number of aliphatic hydroxyl groups is 2. The predicted molar refractivity (Wildman–Crippen MR) is 103 cm³/mol. The Morgan fingerprint density at radius 2 is 1.00 bits per heavy atom. The van der Waals surface area contributed by atoms with Crippen LogP contribution in [0.3, 0.4) is 0 Å². The molecule has 2 fully saturated rings. The van der Waals surface area contributed by atoms with Crippen molar-refractivity contribution in [2.75, 3.05) is 65.7 Å². The lowest BCUT2D eigenvalue weighted by atomic mass is 10.2. The van der Waals surface area contributed by atoms with Crippen LogP contribution in [0.25, 0.3) is 0 Å². The molecule has 0 saturated carbocycles. The molecule has 0 amide bonds. The van der Waals surface area contributed by atoms with Crippen LogP contribution in [-0.2, 0) is 9.47 Å². The summed E-state index contributed by atoms with van der Waals surface area (Å²) in [5.41, 5.74) is 0. The lowest BCUT2D eigenvalue weighted by molar-refractivity contribution is 0.0162. The monoisotopic (exact) mass is 372 g/mol. The molecule has 2 atom stereocenters. The van der Waals surface area contributed by atoms with Crippen molar-refractivity contribution < 1.29 is 19.7 Å². The molecule has 2 saturated heterocycles. The molecule has 2 unspecified atom stereocenters. The Hall–Kier alpha value is -0.240. The Morgan fingerprint density at radius 3 is 1.38 bits per heavy atom. The lowest BCUT2D eigenvalue weighted by Gasteiger charge is -2.19. The number of β-amino-alcohol motifs (C(OH)–C–C–N with tert-alkyl or cyclic N) is 2. The Balaban J connectivity index is 1.29. The van der Waals surface area contributed by atoms with Gasteiger partial charge in [-0.15, -0.1) is 0 Å². The molecule has 26 heavy (non-hydrogen) atoms. The van der Waals surface area contributed by atoms with Gasteiger partial charge in [-0.3, -0.25) is 0 Å². The summed E-state index contributed by atoms with van der Waals surface area (Å²) in [4.78, 5) is 4.63. The topological polar surface area (TPSA) is 65.4 Å². The Kier molecular flexibility index (Phi) is 11.8. The maximum absolute atomic E-state index is 9.94. The van der Waals surface area contributed by atoms with Crippen molar-refractivity contribution in [2.24, 2.45) is 0 Å². The standard InChI is InChI=1S/C20H40N2O4/c23-19(15-21-9-3-4-10-21)17-25-13-7-1-2-8-14-26-18-20(24)16-22-11-5-6-12-22/h19-20,23-24H,1-18H2. The van der Waals surface area contributed by atoms with Gasteiger partial charge in [0.15, 0.2) is 0 Å². The van der Waals surface area contributed by atoms with Gasteiger partial charge >= 0.3 is 0 Å². The van der Waals surface area contributed by atoms with E-state index in [9.17, 15) is 10.2 Å². The number of unbranched alkanes of at least 4 members (excludes halogenated alkanes) is 3. The first-order valence-electron chi connectivity index (χ1n) is 10.7. The second kappa shape index (κ2) is 13.9. The van der Waals surface area contributed by atoms with Crippen LogP contribution in [0.4, 0.5) is 0 Å². The van der Waals surface area contributed by atoms with E-state index >= 15 is 0 Å². The molecule has 154 valence electrons. The van der Waals surface area contributed by atoms with Gasteiger partial charge in [-0.25, -0.2) is 0 Å². The van der Waals surface area contributed by atoms with E-state index in [1.165, 1.54) is 25.7 Å². The van der Waals surface area contributed by atoms with Gasteiger partial charge in [0.05, 0.1) is 25.4 Å². The zero-order valence-electron chi connectivity index (χ0n) is 16.5. The molecule has 0 radical (unpaired) electrons. The van der Waals surface area contributed by atoms with Gasteiger partial charge < -0.3 is 29.5 Å². The SMILES string of the molecule is OC(COCCCCCCOCC(O)CN1CCCC1)CN1CCCC1. The van der Waals surface area contributed by atoms with Crippen molar-refractivity contribution in [1.82, 2.24) is 9.80 Å². The Bertz CT molecular complexity index is 302. The van der Waals surface area contributed by atoms with E-state index in [2.05, 4.69) is 9.80 Å². The summed E-state index contributed by atoms with van der Waals surface area (Å²) in [6, 6.07) is 0. The van der Waals surface area contributed by atoms with E-state index in [0.717, 1.165) is 78.2 Å². The molecule has 0 aromatic rings. The molecule has 0 aliphatic carbocycles. The van der Waals surface area contributed by atoms with Gasteiger partial charge in [0, 0.05) is 26.3 Å². The second-order valence-corrected chi connectivity index (χ2v) is 7.89. The average molecular weight is 373 g/mol. The molecule has 0 aromatic heterocycles. The fourth-order valence-corrected chi connectivity index (χ4v) is 3.83. The highest BCUT2D eigenvalue weighted by molar-refractivity contribution is 4.70. The fourth-order valence-electron chi connectivity index (χ4n) is 3.83. The normalized spacial score (nSPS) is 21.5. The van der Waals surface area contributed by atoms with Crippen LogP contribution in [0.1, 0.15) is 51.4 Å². The molecule has 6 heteroatoms. The van der Waals surface area contributed by atoms with Gasteiger partial charge in [0.1, 0.15) is 0 Å². The number of nitrogens with zero attached hydrogens (tertiary/aromatic N) is 2. The van der Waals surface area contributed by atoms with Crippen molar-refractivity contribution in [3.63, 3.8) is 0 Å². The minimum Gasteiger partial charge on any atom is -0.389 e. The van der Waals surface area contributed by atoms with Gasteiger partial charge in [-0.2, -0.15) is 0 Å². The van der Waals surface area contributed by atoms with E-state index in [0.29, 0.717) is 13.2 Å². The fraction of sp³-hybridized carbons (Fsp3) is 1.00. The average Bonchev–Trinajstić information content (AvgIpc) is 3.30. The van der Waals surface area contributed by atoms with E-state index < -0.39 is 0 Å². The molecule has 6 nitrogen and oxygen atoms in total. The summed E-state index contributed by atoms with van der Waals surface area (Å²) >= 11 is 0. The maximum atomic E-state index is 9.94. The first kappa shape index (κ1) is 22.1. The number of likely N-dealkylation sites (tertiary alicyclic amines) is 2. The van der Waals surface area contributed by atoms with Gasteiger partial charge in [0.2, 0.25) is 0 Å². The molecule has 0 bridgehead atoms. The van der Waals surface area contributed by atoms with Gasteiger partial charge in [-0.1, -0.05) is 12.8 Å². The summed E-state index contributed by atoms with van der Waals surface area (Å²) in [6.07, 6.45) is 8.65. The quantitative estimate of drug-likeness (QED) is 0.425. The van der Waals surface area contributed by atoms with Crippen LogP contribution < -0.4 is 0 Å². The Morgan fingerprint density at radius 1 is 0.615 bits per heavy atom. The van der Waals surface area contributed by atoms with Crippen molar-refractivity contribution in [3.8, 4) is 0 Å². The van der Waals surface area contributed by atoms with Crippen molar-refractivity contribution >= 4 is 0 Å². The van der Waals surface area contributed by atoms with E-state index in [4.69, 9.17) is 9.47 Å². The third kappa shape index (κ3) is 10.2. The minimum atomic E-state index is -0.353. The van der Waals surface area contributed by atoms with Crippen LogP contribution >= 0.6 is 0 Å². The highest BCUT2D eigenvalue weighted by Gasteiger charge is 2.16. The largest absolute Gasteiger partial charge is 0.389 e. The van der Waals surface area contributed by atoms with Crippen LogP contribution in [0.2, 0.25) is 0 Å². The first-order valence-corrected chi connectivity index (χ1v) is 10.7. The molecule has 2 rings (SSSR count). The molecule has 2 aliphatic rings. The van der Waals surface area contributed by atoms with Crippen LogP contribution in [0, 0.1) is 0 Å². The summed E-state index contributed by atoms with van der Waals surface area (Å²) in [5, 5.41) is 19.9. The minimum absolute atomic E-state index is 0.353. The van der Waals surface area contributed by atoms with Gasteiger partial charge in [-0.05, 0) is 64.7 Å². The number of aliphatic hydroxyl groups excluding tert-OH is 2. The van der Waals surface area contributed by atoms with E-state index in [1.54, 1.807) is 0 Å². The van der Waals surface area contributed by atoms with Crippen LogP contribution in [-0.4, -0.2) is 97.9 Å². The first-order chi connectivity index (χ1) is 12.7. The zero-order chi connectivity index (χ0) is 18.5. The number of ether oxygens (including phenoxy) is 2. The predicted octanol–water partition coefficient (Wildman–Crippen LogP) is 1.49. The van der Waals surface area contributed by atoms with Crippen molar-refractivity contribution in [2.45, 2.75) is 63.6 Å². The molecule has 0 spiro atoms. The van der Waals surface area contributed by atoms with E-state index in [-0.39, 0.29) is 12.2 Å². The molecule has 2 heterocycles. The van der Waals surface area contributed by atoms with Crippen LogP contribution in [0.5, 0.6) is 0 Å². The smallest absolute Gasteiger partial charge is 0.0900 e. The second-order valence-electron chi connectivity index (χ2n) is 7.89. The summed E-state index contributed by atoms with van der Waals surface area (Å²) in [7, 11) is 0. The van der Waals surface area contributed by atoms with Gasteiger partial charge in [0.25, 0.3) is 0 Å². The maximum Gasteiger partial charge on any atom is 0.0900 e. The number of hydrogen-bond acceptors (Lipinski definition) is 6. The zero-order valence-corrected chi connectivity index (χ0v) is 16.5. The third-order valence-electron chi connectivity index (χ3n) is 5.28. The number of rotatable bonds is 15. The summed E-state index contributed by atoms with van der Waals surface area (Å²) < 4.78 is 11.2. The third-order valence-corrected chi connectivity index (χ3v) is 5.28. The van der Waals surface area contributed by atoms with E-state index in [1.807, 2.05) is 0 Å². The lowest BCUT2D eigenvalue weighted by Crippen LogP contribution is -2.33. The number of hydrogen-bond donors (Lipinski definition) is 2. The summed E-state index contributed by atoms with van der Waals surface area (Å²) in [5.74, 6) is 0. The molecule has 0 aromatic carbocycles. The van der Waals surface area contributed by atoms with Crippen molar-refractivity contribution in [1.29, 1.82) is 0 Å². The highest BCUT2D eigenvalue weighted by atomic mass is 16.5. The molecule has 2 N–H and O–H groups in total. The molecular formula is C20H40N2O4. The van der Waals surface area contributed by atoms with Crippen LogP contribution in [0.15, 0.2) is 0 Å². The molecular weight excluding hydrogens is 332 g/mol. The highest BCUT2D eigenvalue weighted by Crippen LogP contribution is 2.09. The Labute approximate surface area is 159 Å².